The van der Waals surface area contributed by atoms with E-state index in [9.17, 15) is 4.79 Å². The average molecular weight is 592 g/mol. The van der Waals surface area contributed by atoms with Crippen molar-refractivity contribution in [3.8, 4) is 5.75 Å². The number of benzene rings is 2. The first-order valence-electron chi connectivity index (χ1n) is 11.8. The molecular weight excluding hydrogens is 567 g/mol. The molecule has 5 rings (SSSR count). The second-order valence-electron chi connectivity index (χ2n) is 8.97. The zero-order valence-corrected chi connectivity index (χ0v) is 22.7. The first-order valence-corrected chi connectivity index (χ1v) is 13.4. The molecule has 188 valence electrons. The van der Waals surface area contributed by atoms with Gasteiger partial charge < -0.3 is 14.8 Å². The molecule has 7 nitrogen and oxygen atoms in total. The molecule has 1 saturated carbocycles. The summed E-state index contributed by atoms with van der Waals surface area (Å²) < 4.78 is 14.8. The lowest BCUT2D eigenvalue weighted by molar-refractivity contribution is -0.146. The maximum absolute atomic E-state index is 13.6. The van der Waals surface area contributed by atoms with Crippen molar-refractivity contribution in [3.63, 3.8) is 0 Å². The van der Waals surface area contributed by atoms with E-state index in [-0.39, 0.29) is 18.7 Å². The number of allylic oxidation sites excluding steroid dienone is 1. The van der Waals surface area contributed by atoms with E-state index in [0.717, 1.165) is 41.3 Å². The number of rotatable bonds is 6. The molecule has 2 heterocycles. The monoisotopic (exact) mass is 590 g/mol. The highest BCUT2D eigenvalue weighted by atomic mass is 79.9. The molecule has 3 aromatic rings. The Morgan fingerprint density at radius 3 is 2.75 bits per heavy atom. The summed E-state index contributed by atoms with van der Waals surface area (Å²) >= 11 is 16.0. The van der Waals surface area contributed by atoms with Crippen molar-refractivity contribution < 1.29 is 14.3 Å². The number of fused-ring (bicyclic) bond motifs is 1. The normalized spacial score (nSPS) is 17.9. The van der Waals surface area contributed by atoms with Crippen LogP contribution in [0.3, 0.4) is 0 Å². The van der Waals surface area contributed by atoms with Gasteiger partial charge in [0.05, 0.1) is 5.57 Å². The molecule has 1 aliphatic carbocycles. The van der Waals surface area contributed by atoms with E-state index >= 15 is 0 Å². The molecule has 1 atom stereocenters. The Morgan fingerprint density at radius 2 is 1.97 bits per heavy atom. The second kappa shape index (κ2) is 10.8. The minimum Gasteiger partial charge on any atom is -0.488 e. The summed E-state index contributed by atoms with van der Waals surface area (Å²) in [5.41, 5.74) is 2.70. The molecule has 2 aromatic carbocycles. The average Bonchev–Trinajstić information content (AvgIpc) is 3.32. The first-order chi connectivity index (χ1) is 17.4. The van der Waals surface area contributed by atoms with Crippen LogP contribution in [0.2, 0.25) is 10.0 Å². The summed E-state index contributed by atoms with van der Waals surface area (Å²) in [5, 5.41) is 8.71. The van der Waals surface area contributed by atoms with Gasteiger partial charge in [-0.05, 0) is 62.9 Å². The van der Waals surface area contributed by atoms with Gasteiger partial charge in [0.25, 0.3) is 0 Å². The van der Waals surface area contributed by atoms with Crippen LogP contribution < -0.4 is 10.1 Å². The van der Waals surface area contributed by atoms with E-state index in [4.69, 9.17) is 32.7 Å². The Labute approximate surface area is 227 Å². The van der Waals surface area contributed by atoms with Crippen molar-refractivity contribution in [3.05, 3.63) is 79.6 Å². The quantitative estimate of drug-likeness (QED) is 0.308. The first kappa shape index (κ1) is 25.1. The van der Waals surface area contributed by atoms with Gasteiger partial charge in [0, 0.05) is 31.3 Å². The fourth-order valence-corrected chi connectivity index (χ4v) is 5.54. The van der Waals surface area contributed by atoms with Crippen molar-refractivity contribution in [2.45, 2.75) is 57.8 Å². The number of carbonyl (C=O) groups is 1. The topological polar surface area (TPSA) is 78.3 Å². The van der Waals surface area contributed by atoms with Gasteiger partial charge >= 0.3 is 5.97 Å². The van der Waals surface area contributed by atoms with Crippen LogP contribution in [0.1, 0.15) is 56.2 Å². The van der Waals surface area contributed by atoms with Crippen molar-refractivity contribution in [2.24, 2.45) is 0 Å². The minimum absolute atomic E-state index is 0.0744. The molecule has 1 aromatic heterocycles. The predicted octanol–water partition coefficient (Wildman–Crippen LogP) is 7.09. The number of nitrogens with one attached hydrogen (secondary N) is 1. The van der Waals surface area contributed by atoms with E-state index in [0.29, 0.717) is 33.0 Å². The van der Waals surface area contributed by atoms with Gasteiger partial charge in [-0.25, -0.2) is 9.48 Å². The standard InChI is InChI=1S/C26H25BrCl2N4O3/c1-15-23(25(34)36-19-5-3-2-4-6-19)24(33-26(32-15)30-14-31-33)20-11-17(27)8-10-22(20)35-13-16-7-9-18(28)12-21(16)29/h7-12,14,19,24H,2-6,13H2,1H3,(H,30,31,32). The molecule has 36 heavy (non-hydrogen) atoms. The highest BCUT2D eigenvalue weighted by Crippen LogP contribution is 2.41. The van der Waals surface area contributed by atoms with Gasteiger partial charge in [-0.2, -0.15) is 10.1 Å². The molecule has 0 amide bonds. The summed E-state index contributed by atoms with van der Waals surface area (Å²) in [4.78, 5) is 17.9. The lowest BCUT2D eigenvalue weighted by atomic mass is 9.94. The number of nitrogens with zero attached hydrogens (tertiary/aromatic N) is 3. The number of hydrogen-bond acceptors (Lipinski definition) is 6. The summed E-state index contributed by atoms with van der Waals surface area (Å²) in [7, 11) is 0. The van der Waals surface area contributed by atoms with Gasteiger partial charge in [-0.1, -0.05) is 51.6 Å². The number of aromatic nitrogens is 3. The molecule has 0 bridgehead atoms. The Hall–Kier alpha value is -2.55. The number of carbonyl (C=O) groups excluding carboxylic acids is 1. The number of esters is 1. The Kier molecular flexibility index (Phi) is 7.55. The molecule has 0 spiro atoms. The van der Waals surface area contributed by atoms with Crippen LogP contribution in [-0.2, 0) is 16.1 Å². The number of anilines is 1. The molecule has 1 fully saturated rings. The van der Waals surface area contributed by atoms with Gasteiger partial charge in [0.15, 0.2) is 0 Å². The Morgan fingerprint density at radius 1 is 1.17 bits per heavy atom. The van der Waals surface area contributed by atoms with Crippen LogP contribution in [0, 0.1) is 0 Å². The van der Waals surface area contributed by atoms with Crippen LogP contribution >= 0.6 is 39.1 Å². The third-order valence-electron chi connectivity index (χ3n) is 6.50. The summed E-state index contributed by atoms with van der Waals surface area (Å²) in [6.07, 6.45) is 6.48. The van der Waals surface area contributed by atoms with Crippen LogP contribution in [0.5, 0.6) is 5.75 Å². The zero-order chi connectivity index (χ0) is 25.2. The third kappa shape index (κ3) is 5.26. The van der Waals surface area contributed by atoms with Crippen LogP contribution in [0.15, 0.2) is 58.5 Å². The number of ether oxygens (including phenoxy) is 2. The van der Waals surface area contributed by atoms with Crippen LogP contribution in [-0.4, -0.2) is 26.8 Å². The van der Waals surface area contributed by atoms with E-state index in [2.05, 4.69) is 31.3 Å². The Balaban J connectivity index is 1.51. The SMILES string of the molecule is CC1=C(C(=O)OC2CCCCC2)C(c2cc(Br)ccc2OCc2ccc(Cl)cc2Cl)n2ncnc2N1. The van der Waals surface area contributed by atoms with E-state index in [1.54, 1.807) is 16.8 Å². The van der Waals surface area contributed by atoms with Crippen LogP contribution in [0.25, 0.3) is 0 Å². The summed E-state index contributed by atoms with van der Waals surface area (Å²) in [6, 6.07) is 10.4. The maximum atomic E-state index is 13.6. The predicted molar refractivity (Wildman–Crippen MR) is 142 cm³/mol. The molecule has 0 saturated heterocycles. The van der Waals surface area contributed by atoms with Crippen molar-refractivity contribution in [1.29, 1.82) is 0 Å². The lowest BCUT2D eigenvalue weighted by Gasteiger charge is -2.31. The molecule has 10 heteroatoms. The largest absolute Gasteiger partial charge is 0.488 e. The highest BCUT2D eigenvalue weighted by molar-refractivity contribution is 9.10. The molecule has 0 radical (unpaired) electrons. The van der Waals surface area contributed by atoms with E-state index < -0.39 is 6.04 Å². The fourth-order valence-electron chi connectivity index (χ4n) is 4.70. The van der Waals surface area contributed by atoms with Crippen molar-refractivity contribution >= 4 is 51.0 Å². The molecule has 2 aliphatic rings. The minimum atomic E-state index is -0.590. The highest BCUT2D eigenvalue weighted by Gasteiger charge is 2.37. The van der Waals surface area contributed by atoms with Crippen molar-refractivity contribution in [1.82, 2.24) is 14.8 Å². The summed E-state index contributed by atoms with van der Waals surface area (Å²) in [6.45, 7) is 2.08. The molecule has 1 unspecified atom stereocenters. The number of hydrogen-bond donors (Lipinski definition) is 1. The van der Waals surface area contributed by atoms with Gasteiger partial charge in [-0.3, -0.25) is 0 Å². The van der Waals surface area contributed by atoms with Gasteiger partial charge in [0.2, 0.25) is 5.95 Å². The van der Waals surface area contributed by atoms with Gasteiger partial charge in [-0.15, -0.1) is 0 Å². The summed E-state index contributed by atoms with van der Waals surface area (Å²) in [5.74, 6) is 0.774. The van der Waals surface area contributed by atoms with E-state index in [1.165, 1.54) is 12.7 Å². The van der Waals surface area contributed by atoms with Gasteiger partial charge in [0.1, 0.15) is 30.8 Å². The molecular formula is C26H25BrCl2N4O3. The maximum Gasteiger partial charge on any atom is 0.338 e. The molecule has 1 N–H and O–H groups in total. The Bertz CT molecular complexity index is 1320. The fraction of sp³-hybridized carbons (Fsp3) is 0.346. The van der Waals surface area contributed by atoms with E-state index in [1.807, 2.05) is 31.2 Å². The third-order valence-corrected chi connectivity index (χ3v) is 7.59. The number of halogens is 3. The second-order valence-corrected chi connectivity index (χ2v) is 10.7. The lowest BCUT2D eigenvalue weighted by Crippen LogP contribution is -2.32. The smallest absolute Gasteiger partial charge is 0.338 e. The van der Waals surface area contributed by atoms with Crippen molar-refractivity contribution in [2.75, 3.05) is 5.32 Å². The zero-order valence-electron chi connectivity index (χ0n) is 19.6. The molecule has 1 aliphatic heterocycles. The van der Waals surface area contributed by atoms with Crippen LogP contribution in [0.4, 0.5) is 5.95 Å².